The Balaban J connectivity index is 3.33. The second-order valence-electron chi connectivity index (χ2n) is 9.33. The van der Waals surface area contributed by atoms with Crippen LogP contribution in [-0.4, -0.2) is 71.0 Å². The van der Waals surface area contributed by atoms with Crippen LogP contribution in [0.15, 0.2) is 18.2 Å². The first kappa shape index (κ1) is 29.4. The van der Waals surface area contributed by atoms with Gasteiger partial charge in [0.05, 0.1) is 13.2 Å². The van der Waals surface area contributed by atoms with Crippen molar-refractivity contribution in [3.63, 3.8) is 0 Å². The molecule has 0 aliphatic carbocycles. The molecule has 1 aromatic rings. The fraction of sp³-hybridized carbons (Fsp3) is 0.640. The Bertz CT molecular complexity index is 821. The largest absolute Gasteiger partial charge is 0.444 e. The van der Waals surface area contributed by atoms with Gasteiger partial charge in [0.15, 0.2) is 0 Å². The minimum absolute atomic E-state index is 0.161. The second-order valence-corrected chi connectivity index (χ2v) is 9.33. The van der Waals surface area contributed by atoms with Crippen LogP contribution < -0.4 is 10.6 Å². The molecule has 0 bridgehead atoms. The average Bonchev–Trinajstić information content (AvgIpc) is 2.75. The molecule has 4 N–H and O–H groups in total. The zero-order valence-corrected chi connectivity index (χ0v) is 21.3. The van der Waals surface area contributed by atoms with E-state index >= 15 is 0 Å². The minimum atomic E-state index is -1.35. The summed E-state index contributed by atoms with van der Waals surface area (Å²) in [5.74, 6) is -1.09. The number of aliphatic hydroxyl groups is 2. The fourth-order valence-corrected chi connectivity index (χ4v) is 3.51. The number of hydrogen-bond acceptors (Lipinski definition) is 6. The summed E-state index contributed by atoms with van der Waals surface area (Å²) in [6.45, 7) is 10.1. The average molecular weight is 480 g/mol. The topological polar surface area (TPSA) is 128 Å². The summed E-state index contributed by atoms with van der Waals surface area (Å²) in [4.78, 5) is 40.3. The van der Waals surface area contributed by atoms with Gasteiger partial charge >= 0.3 is 6.09 Å². The van der Waals surface area contributed by atoms with Crippen LogP contribution in [0.5, 0.6) is 0 Å². The van der Waals surface area contributed by atoms with Crippen LogP contribution in [0, 0.1) is 13.8 Å². The second kappa shape index (κ2) is 13.9. The summed E-state index contributed by atoms with van der Waals surface area (Å²) in [6.07, 6.45) is 1.89. The van der Waals surface area contributed by atoms with Crippen molar-refractivity contribution in [3.8, 4) is 0 Å². The molecule has 0 saturated heterocycles. The van der Waals surface area contributed by atoms with E-state index in [1.165, 1.54) is 4.90 Å². The highest BCUT2D eigenvalue weighted by molar-refractivity contribution is 5.92. The van der Waals surface area contributed by atoms with E-state index in [4.69, 9.17) is 4.74 Å². The van der Waals surface area contributed by atoms with E-state index in [9.17, 15) is 24.6 Å². The number of aryl methyl sites for hydroxylation is 1. The van der Waals surface area contributed by atoms with Crippen molar-refractivity contribution in [3.05, 3.63) is 34.9 Å². The van der Waals surface area contributed by atoms with E-state index in [1.807, 2.05) is 19.9 Å². The molecule has 1 rings (SSSR count). The van der Waals surface area contributed by atoms with Crippen LogP contribution in [0.1, 0.15) is 69.7 Å². The molecule has 0 radical (unpaired) electrons. The van der Waals surface area contributed by atoms with Crippen molar-refractivity contribution < 1.29 is 29.3 Å². The van der Waals surface area contributed by atoms with Gasteiger partial charge in [-0.05, 0) is 57.7 Å². The van der Waals surface area contributed by atoms with Gasteiger partial charge in [0.1, 0.15) is 17.7 Å². The van der Waals surface area contributed by atoms with Crippen LogP contribution in [0.25, 0.3) is 0 Å². The normalized spacial score (nSPS) is 13.1. The molecule has 0 fully saturated rings. The summed E-state index contributed by atoms with van der Waals surface area (Å²) >= 11 is 0. The number of unbranched alkanes of at least 4 members (excludes halogenated alkanes) is 2. The van der Waals surface area contributed by atoms with Crippen LogP contribution in [0.4, 0.5) is 4.79 Å². The molecule has 2 unspecified atom stereocenters. The molecule has 9 heteroatoms. The molecule has 34 heavy (non-hydrogen) atoms. The third-order valence-electron chi connectivity index (χ3n) is 5.38. The maximum Gasteiger partial charge on any atom is 0.408 e. The Kier molecular flexibility index (Phi) is 12.0. The lowest BCUT2D eigenvalue weighted by atomic mass is 9.95. The van der Waals surface area contributed by atoms with E-state index in [1.54, 1.807) is 32.9 Å². The summed E-state index contributed by atoms with van der Waals surface area (Å²) in [7, 11) is 0. The monoisotopic (exact) mass is 479 g/mol. The first-order chi connectivity index (χ1) is 16.0. The molecule has 1 aromatic carbocycles. The van der Waals surface area contributed by atoms with Crippen LogP contribution in [-0.2, 0) is 14.3 Å². The lowest BCUT2D eigenvalue weighted by Crippen LogP contribution is -2.55. The summed E-state index contributed by atoms with van der Waals surface area (Å²) in [6, 6.07) is 3.09. The highest BCUT2D eigenvalue weighted by Gasteiger charge is 2.36. The number of ether oxygens (including phenoxy) is 1. The van der Waals surface area contributed by atoms with Crippen molar-refractivity contribution in [2.45, 2.75) is 78.5 Å². The Morgan fingerprint density at radius 3 is 2.35 bits per heavy atom. The Morgan fingerprint density at radius 1 is 1.12 bits per heavy atom. The van der Waals surface area contributed by atoms with Crippen molar-refractivity contribution in [1.29, 1.82) is 0 Å². The van der Waals surface area contributed by atoms with E-state index in [-0.39, 0.29) is 12.5 Å². The van der Waals surface area contributed by atoms with E-state index in [0.29, 0.717) is 12.1 Å². The maximum absolute atomic E-state index is 13.5. The molecular formula is C25H41N3O6. The first-order valence-corrected chi connectivity index (χ1v) is 11.8. The molecule has 0 spiro atoms. The SMILES string of the molecule is CCCCCNC(=O)C(c1cccc(C)c1C)N(CCO)C(=O)C(CO)NC(=O)OC(C)(C)C. The predicted octanol–water partition coefficient (Wildman–Crippen LogP) is 2.36. The Labute approximate surface area is 202 Å². The number of aliphatic hydroxyl groups excluding tert-OH is 2. The minimum Gasteiger partial charge on any atom is -0.444 e. The number of benzene rings is 1. The standard InChI is InChI=1S/C25H41N3O6/c1-7-8-9-13-26-22(31)21(19-12-10-11-17(2)18(19)3)28(14-15-29)23(32)20(16-30)27-24(33)34-25(4,5)6/h10-12,20-21,29-30H,7-9,13-16H2,1-6H3,(H,26,31)(H,27,33). The zero-order chi connectivity index (χ0) is 25.9. The van der Waals surface area contributed by atoms with Crippen LogP contribution in [0.3, 0.4) is 0 Å². The number of carbonyl (C=O) groups is 3. The molecule has 0 saturated carbocycles. The van der Waals surface area contributed by atoms with E-state index in [0.717, 1.165) is 30.4 Å². The lowest BCUT2D eigenvalue weighted by Gasteiger charge is -2.34. The number of hydrogen-bond donors (Lipinski definition) is 4. The van der Waals surface area contributed by atoms with Crippen molar-refractivity contribution in [1.82, 2.24) is 15.5 Å². The van der Waals surface area contributed by atoms with Crippen molar-refractivity contribution in [2.75, 3.05) is 26.3 Å². The Hall–Kier alpha value is -2.65. The first-order valence-electron chi connectivity index (χ1n) is 11.8. The third kappa shape index (κ3) is 8.95. The molecule has 2 atom stereocenters. The quantitative estimate of drug-likeness (QED) is 0.341. The van der Waals surface area contributed by atoms with Crippen molar-refractivity contribution >= 4 is 17.9 Å². The number of carbonyl (C=O) groups excluding carboxylic acids is 3. The summed E-state index contributed by atoms with van der Waals surface area (Å²) < 4.78 is 5.20. The number of amides is 3. The molecule has 3 amide bonds. The maximum atomic E-state index is 13.5. The molecule has 0 aromatic heterocycles. The van der Waals surface area contributed by atoms with E-state index in [2.05, 4.69) is 17.6 Å². The molecule has 0 heterocycles. The van der Waals surface area contributed by atoms with Gasteiger partial charge in [-0.3, -0.25) is 9.59 Å². The van der Waals surface area contributed by atoms with Gasteiger partial charge in [-0.1, -0.05) is 38.0 Å². The number of nitrogens with zero attached hydrogens (tertiary/aromatic N) is 1. The Morgan fingerprint density at radius 2 is 1.79 bits per heavy atom. The van der Waals surface area contributed by atoms with Crippen LogP contribution >= 0.6 is 0 Å². The van der Waals surface area contributed by atoms with Gasteiger partial charge in [0.25, 0.3) is 0 Å². The van der Waals surface area contributed by atoms with E-state index < -0.39 is 42.9 Å². The number of nitrogens with one attached hydrogen (secondary N) is 2. The summed E-state index contributed by atoms with van der Waals surface area (Å²) in [5.41, 5.74) is 1.61. The van der Waals surface area contributed by atoms with Crippen molar-refractivity contribution in [2.24, 2.45) is 0 Å². The van der Waals surface area contributed by atoms with Gasteiger partial charge in [-0.15, -0.1) is 0 Å². The molecule has 0 aliphatic rings. The summed E-state index contributed by atoms with van der Waals surface area (Å²) in [5, 5.41) is 24.9. The van der Waals surface area contributed by atoms with Gasteiger partial charge in [-0.25, -0.2) is 4.79 Å². The van der Waals surface area contributed by atoms with Gasteiger partial charge in [0.2, 0.25) is 11.8 Å². The molecular weight excluding hydrogens is 438 g/mol. The fourth-order valence-electron chi connectivity index (χ4n) is 3.51. The predicted molar refractivity (Wildman–Crippen MR) is 130 cm³/mol. The number of alkyl carbamates (subject to hydrolysis) is 1. The lowest BCUT2D eigenvalue weighted by molar-refractivity contribution is -0.143. The molecule has 192 valence electrons. The van der Waals surface area contributed by atoms with Gasteiger partial charge in [-0.2, -0.15) is 0 Å². The van der Waals surface area contributed by atoms with Gasteiger partial charge < -0.3 is 30.5 Å². The highest BCUT2D eigenvalue weighted by atomic mass is 16.6. The number of rotatable bonds is 12. The van der Waals surface area contributed by atoms with Crippen LogP contribution in [0.2, 0.25) is 0 Å². The third-order valence-corrected chi connectivity index (χ3v) is 5.38. The van der Waals surface area contributed by atoms with Gasteiger partial charge in [0, 0.05) is 13.1 Å². The zero-order valence-electron chi connectivity index (χ0n) is 21.3. The molecule has 9 nitrogen and oxygen atoms in total. The highest BCUT2D eigenvalue weighted by Crippen LogP contribution is 2.27. The smallest absolute Gasteiger partial charge is 0.408 e. The molecule has 0 aliphatic heterocycles.